The number of amides is 1. The Morgan fingerprint density at radius 1 is 1.32 bits per heavy atom. The minimum absolute atomic E-state index is 0.169. The molecule has 19 heavy (non-hydrogen) atoms. The Bertz CT molecular complexity index is 510. The van der Waals surface area contributed by atoms with Crippen LogP contribution in [-0.4, -0.2) is 13.0 Å². The summed E-state index contributed by atoms with van der Waals surface area (Å²) in [5.41, 5.74) is 1.15. The molecule has 0 aliphatic heterocycles. The predicted octanol–water partition coefficient (Wildman–Crippen LogP) is 3.49. The van der Waals surface area contributed by atoms with Crippen LogP contribution in [-0.2, 0) is 4.79 Å². The molecule has 1 aliphatic rings. The number of nitrogens with zero attached hydrogens (tertiary/aromatic N) is 2. The first-order chi connectivity index (χ1) is 9.07. The molecule has 2 rings (SSSR count). The van der Waals surface area contributed by atoms with Gasteiger partial charge in [0.15, 0.2) is 0 Å². The van der Waals surface area contributed by atoms with Crippen molar-refractivity contribution in [3.63, 3.8) is 0 Å². The number of benzene rings is 1. The summed E-state index contributed by atoms with van der Waals surface area (Å²) in [6, 6.07) is 9.33. The second kappa shape index (κ2) is 5.44. The van der Waals surface area contributed by atoms with Gasteiger partial charge in [0.25, 0.3) is 0 Å². The van der Waals surface area contributed by atoms with E-state index < -0.39 is 0 Å². The largest absolute Gasteiger partial charge is 0.315 e. The zero-order chi connectivity index (χ0) is 13.9. The molecule has 0 spiro atoms. The maximum absolute atomic E-state index is 12.7. The first kappa shape index (κ1) is 13.6. The third kappa shape index (κ3) is 2.78. The summed E-state index contributed by atoms with van der Waals surface area (Å²) < 4.78 is 0. The van der Waals surface area contributed by atoms with Crippen molar-refractivity contribution in [2.45, 2.75) is 39.0 Å². The number of rotatable bonds is 2. The molecule has 1 amide bonds. The van der Waals surface area contributed by atoms with E-state index in [0.717, 1.165) is 31.4 Å². The second-order valence-electron chi connectivity index (χ2n) is 5.65. The molecule has 1 aliphatic carbocycles. The molecule has 1 aromatic rings. The summed E-state index contributed by atoms with van der Waals surface area (Å²) in [5.74, 6) is 0.169. The van der Waals surface area contributed by atoms with Crippen LogP contribution in [0.25, 0.3) is 0 Å². The molecule has 0 N–H and O–H groups in total. The molecule has 0 heterocycles. The van der Waals surface area contributed by atoms with E-state index >= 15 is 0 Å². The zero-order valence-corrected chi connectivity index (χ0v) is 11.6. The highest BCUT2D eigenvalue weighted by molar-refractivity contribution is 5.97. The standard InChI is InChI=1S/C16H20N2O/c1-16(9-4-3-5-10-16)15(19)18(2)14-8-6-7-13(11-14)12-17/h6-8,11H,3-5,9-10H2,1-2H3. The summed E-state index contributed by atoms with van der Waals surface area (Å²) in [6.07, 6.45) is 5.43. The number of carbonyl (C=O) groups is 1. The highest BCUT2D eigenvalue weighted by atomic mass is 16.2. The average molecular weight is 256 g/mol. The van der Waals surface area contributed by atoms with Crippen LogP contribution in [0.1, 0.15) is 44.6 Å². The number of hydrogen-bond acceptors (Lipinski definition) is 2. The second-order valence-corrected chi connectivity index (χ2v) is 5.65. The van der Waals surface area contributed by atoms with Gasteiger partial charge in [-0.2, -0.15) is 5.26 Å². The van der Waals surface area contributed by atoms with Crippen LogP contribution < -0.4 is 4.90 Å². The quantitative estimate of drug-likeness (QED) is 0.813. The molecule has 0 saturated heterocycles. The van der Waals surface area contributed by atoms with Gasteiger partial charge >= 0.3 is 0 Å². The first-order valence-corrected chi connectivity index (χ1v) is 6.85. The fourth-order valence-corrected chi connectivity index (χ4v) is 2.85. The number of nitriles is 1. The van der Waals surface area contributed by atoms with E-state index in [4.69, 9.17) is 5.26 Å². The fourth-order valence-electron chi connectivity index (χ4n) is 2.85. The molecule has 1 fully saturated rings. The summed E-state index contributed by atoms with van der Waals surface area (Å²) >= 11 is 0. The lowest BCUT2D eigenvalue weighted by Gasteiger charge is -2.35. The van der Waals surface area contributed by atoms with Gasteiger partial charge in [-0.1, -0.05) is 32.3 Å². The molecular formula is C16H20N2O. The lowest BCUT2D eigenvalue weighted by atomic mass is 9.74. The molecule has 3 heteroatoms. The van der Waals surface area contributed by atoms with E-state index in [1.165, 1.54) is 6.42 Å². The lowest BCUT2D eigenvalue weighted by molar-refractivity contribution is -0.128. The Hall–Kier alpha value is -1.82. The van der Waals surface area contributed by atoms with Gasteiger partial charge in [0.05, 0.1) is 11.6 Å². The normalized spacial score (nSPS) is 17.5. The third-order valence-electron chi connectivity index (χ3n) is 4.14. The maximum Gasteiger partial charge on any atom is 0.232 e. The van der Waals surface area contributed by atoms with E-state index in [1.807, 2.05) is 12.1 Å². The summed E-state index contributed by atoms with van der Waals surface area (Å²) in [6.45, 7) is 2.07. The Balaban J connectivity index is 2.20. The van der Waals surface area contributed by atoms with E-state index in [9.17, 15) is 4.79 Å². The van der Waals surface area contributed by atoms with Crippen LogP contribution in [0.3, 0.4) is 0 Å². The van der Waals surface area contributed by atoms with Crippen LogP contribution in [0.4, 0.5) is 5.69 Å². The molecule has 0 unspecified atom stereocenters. The molecule has 1 aromatic carbocycles. The van der Waals surface area contributed by atoms with Gasteiger partial charge in [0.1, 0.15) is 0 Å². The SMILES string of the molecule is CN(C(=O)C1(C)CCCCC1)c1cccc(C#N)c1. The van der Waals surface area contributed by atoms with Crippen molar-refractivity contribution in [3.05, 3.63) is 29.8 Å². The van der Waals surface area contributed by atoms with Crippen molar-refractivity contribution < 1.29 is 4.79 Å². The lowest BCUT2D eigenvalue weighted by Crippen LogP contribution is -2.41. The minimum Gasteiger partial charge on any atom is -0.315 e. The van der Waals surface area contributed by atoms with Crippen molar-refractivity contribution in [2.24, 2.45) is 5.41 Å². The van der Waals surface area contributed by atoms with Crippen LogP contribution in [0.2, 0.25) is 0 Å². The smallest absolute Gasteiger partial charge is 0.232 e. The van der Waals surface area contributed by atoms with Crippen LogP contribution in [0, 0.1) is 16.7 Å². The highest BCUT2D eigenvalue weighted by Gasteiger charge is 2.36. The van der Waals surface area contributed by atoms with Crippen molar-refractivity contribution >= 4 is 11.6 Å². The number of anilines is 1. The molecule has 1 saturated carbocycles. The maximum atomic E-state index is 12.7. The summed E-state index contributed by atoms with van der Waals surface area (Å²) in [5, 5.41) is 8.93. The van der Waals surface area contributed by atoms with E-state index in [2.05, 4.69) is 13.0 Å². The van der Waals surface area contributed by atoms with Crippen molar-refractivity contribution in [3.8, 4) is 6.07 Å². The van der Waals surface area contributed by atoms with Gasteiger partial charge in [-0.15, -0.1) is 0 Å². The van der Waals surface area contributed by atoms with Gasteiger partial charge in [-0.25, -0.2) is 0 Å². The third-order valence-corrected chi connectivity index (χ3v) is 4.14. The molecule has 0 bridgehead atoms. The fraction of sp³-hybridized carbons (Fsp3) is 0.500. The minimum atomic E-state index is -0.240. The molecule has 0 atom stereocenters. The van der Waals surface area contributed by atoms with E-state index in [0.29, 0.717) is 5.56 Å². The van der Waals surface area contributed by atoms with Gasteiger partial charge in [-0.05, 0) is 31.0 Å². The van der Waals surface area contributed by atoms with Gasteiger partial charge in [-0.3, -0.25) is 4.79 Å². The monoisotopic (exact) mass is 256 g/mol. The topological polar surface area (TPSA) is 44.1 Å². The van der Waals surface area contributed by atoms with Crippen molar-refractivity contribution in [1.29, 1.82) is 5.26 Å². The van der Waals surface area contributed by atoms with E-state index in [1.54, 1.807) is 24.1 Å². The van der Waals surface area contributed by atoms with Gasteiger partial charge in [0, 0.05) is 18.2 Å². The number of hydrogen-bond donors (Lipinski definition) is 0. The first-order valence-electron chi connectivity index (χ1n) is 6.85. The van der Waals surface area contributed by atoms with E-state index in [-0.39, 0.29) is 11.3 Å². The molecule has 100 valence electrons. The Morgan fingerprint density at radius 2 is 2.00 bits per heavy atom. The van der Waals surface area contributed by atoms with Crippen molar-refractivity contribution in [1.82, 2.24) is 0 Å². The summed E-state index contributed by atoms with van der Waals surface area (Å²) in [7, 11) is 1.80. The van der Waals surface area contributed by atoms with Crippen LogP contribution in [0.15, 0.2) is 24.3 Å². The van der Waals surface area contributed by atoms with Crippen LogP contribution in [0.5, 0.6) is 0 Å². The predicted molar refractivity (Wildman–Crippen MR) is 75.8 cm³/mol. The highest BCUT2D eigenvalue weighted by Crippen LogP contribution is 2.38. The van der Waals surface area contributed by atoms with Gasteiger partial charge < -0.3 is 4.90 Å². The Labute approximate surface area is 114 Å². The number of carbonyl (C=O) groups excluding carboxylic acids is 1. The van der Waals surface area contributed by atoms with Gasteiger partial charge in [0.2, 0.25) is 5.91 Å². The Morgan fingerprint density at radius 3 is 2.63 bits per heavy atom. The van der Waals surface area contributed by atoms with Crippen molar-refractivity contribution in [2.75, 3.05) is 11.9 Å². The van der Waals surface area contributed by atoms with Crippen LogP contribution >= 0.6 is 0 Å². The summed E-state index contributed by atoms with van der Waals surface area (Å²) in [4.78, 5) is 14.4. The molecule has 3 nitrogen and oxygen atoms in total. The molecular weight excluding hydrogens is 236 g/mol. The average Bonchev–Trinajstić information content (AvgIpc) is 2.46. The molecule has 0 aromatic heterocycles. The molecule has 0 radical (unpaired) electrons. The zero-order valence-electron chi connectivity index (χ0n) is 11.6. The Kier molecular flexibility index (Phi) is 3.90.